The summed E-state index contributed by atoms with van der Waals surface area (Å²) in [6.07, 6.45) is 0.721. The van der Waals surface area contributed by atoms with Gasteiger partial charge in [-0.2, -0.15) is 0 Å². The maximum Gasteiger partial charge on any atom is 0.181 e. The molecule has 0 spiro atoms. The van der Waals surface area contributed by atoms with Crippen molar-refractivity contribution in [3.8, 4) is 5.75 Å². The van der Waals surface area contributed by atoms with Crippen LogP contribution in [0.2, 0.25) is 0 Å². The van der Waals surface area contributed by atoms with E-state index < -0.39 is 0 Å². The second kappa shape index (κ2) is 4.84. The molecule has 0 aliphatic rings. The Kier molecular flexibility index (Phi) is 3.46. The minimum Gasteiger partial charge on any atom is -0.496 e. The van der Waals surface area contributed by atoms with Gasteiger partial charge >= 0.3 is 0 Å². The molecule has 0 saturated heterocycles. The van der Waals surface area contributed by atoms with E-state index in [1.54, 1.807) is 7.11 Å². The van der Waals surface area contributed by atoms with Crippen LogP contribution in [0.25, 0.3) is 0 Å². The molecular weight excluding hydrogens is 288 g/mol. The third-order valence-corrected chi connectivity index (χ3v) is 3.88. The van der Waals surface area contributed by atoms with Gasteiger partial charge in [-0.15, -0.1) is 0 Å². The molecule has 3 nitrogen and oxygen atoms in total. The van der Waals surface area contributed by atoms with Gasteiger partial charge in [-0.25, -0.2) is 4.98 Å². The molecule has 84 valence electrons. The Balaban J connectivity index is 2.30. The van der Waals surface area contributed by atoms with E-state index in [9.17, 15) is 0 Å². The number of aromatic nitrogens is 1. The van der Waals surface area contributed by atoms with E-state index >= 15 is 0 Å². The zero-order chi connectivity index (χ0) is 11.5. The molecule has 2 N–H and O–H groups in total. The molecule has 2 rings (SSSR count). The standard InChI is InChI=1S/C11H11BrN2OS/c1-15-9-5-3-2-4-7(9)6-8-10(12)16-11(13)14-8/h2-5H,6H2,1H3,(H2,13,14). The van der Waals surface area contributed by atoms with Crippen LogP contribution in [0.4, 0.5) is 5.13 Å². The van der Waals surface area contributed by atoms with Gasteiger partial charge in [0.1, 0.15) is 5.75 Å². The molecule has 0 bridgehead atoms. The minimum atomic E-state index is 0.580. The van der Waals surface area contributed by atoms with Crippen molar-refractivity contribution in [3.05, 3.63) is 39.3 Å². The Labute approximate surface area is 106 Å². The summed E-state index contributed by atoms with van der Waals surface area (Å²) in [5.41, 5.74) is 7.71. The lowest BCUT2D eigenvalue weighted by atomic mass is 10.1. The maximum absolute atomic E-state index is 5.65. The minimum absolute atomic E-state index is 0.580. The normalized spacial score (nSPS) is 10.4. The third kappa shape index (κ3) is 2.36. The number of nitrogens with zero attached hydrogens (tertiary/aromatic N) is 1. The number of nitrogens with two attached hydrogens (primary N) is 1. The molecule has 0 atom stereocenters. The summed E-state index contributed by atoms with van der Waals surface area (Å²) in [7, 11) is 1.67. The summed E-state index contributed by atoms with van der Waals surface area (Å²) < 4.78 is 6.28. The average Bonchev–Trinajstić information content (AvgIpc) is 2.58. The summed E-state index contributed by atoms with van der Waals surface area (Å²) in [4.78, 5) is 4.27. The average molecular weight is 299 g/mol. The van der Waals surface area contributed by atoms with Crippen molar-refractivity contribution in [3.63, 3.8) is 0 Å². The van der Waals surface area contributed by atoms with Crippen LogP contribution < -0.4 is 10.5 Å². The molecule has 0 unspecified atom stereocenters. The van der Waals surface area contributed by atoms with Crippen LogP contribution in [-0.2, 0) is 6.42 Å². The van der Waals surface area contributed by atoms with Crippen LogP contribution in [-0.4, -0.2) is 12.1 Å². The molecular formula is C11H11BrN2OS. The number of halogens is 1. The van der Waals surface area contributed by atoms with Gasteiger partial charge in [-0.1, -0.05) is 29.5 Å². The number of hydrogen-bond acceptors (Lipinski definition) is 4. The number of para-hydroxylation sites is 1. The Morgan fingerprint density at radius 1 is 1.44 bits per heavy atom. The molecule has 1 aromatic carbocycles. The predicted molar refractivity (Wildman–Crippen MR) is 70.0 cm³/mol. The largest absolute Gasteiger partial charge is 0.496 e. The highest BCUT2D eigenvalue weighted by atomic mass is 79.9. The fourth-order valence-electron chi connectivity index (χ4n) is 1.49. The zero-order valence-electron chi connectivity index (χ0n) is 8.74. The van der Waals surface area contributed by atoms with Gasteiger partial charge in [0.15, 0.2) is 5.13 Å². The molecule has 0 radical (unpaired) electrons. The second-order valence-corrected chi connectivity index (χ2v) is 5.61. The second-order valence-electron chi connectivity index (χ2n) is 3.26. The highest BCUT2D eigenvalue weighted by Crippen LogP contribution is 2.30. The smallest absolute Gasteiger partial charge is 0.181 e. The van der Waals surface area contributed by atoms with Gasteiger partial charge in [0.25, 0.3) is 0 Å². The number of anilines is 1. The lowest BCUT2D eigenvalue weighted by Crippen LogP contribution is -1.94. The predicted octanol–water partition coefficient (Wildman–Crippen LogP) is 3.09. The van der Waals surface area contributed by atoms with Crippen molar-refractivity contribution in [1.29, 1.82) is 0 Å². The fraction of sp³-hybridized carbons (Fsp3) is 0.182. The van der Waals surface area contributed by atoms with E-state index in [0.717, 1.165) is 27.2 Å². The third-order valence-electron chi connectivity index (χ3n) is 2.22. The maximum atomic E-state index is 5.65. The molecule has 2 aromatic rings. The summed E-state index contributed by atoms with van der Waals surface area (Å²) in [5, 5.41) is 0.580. The van der Waals surface area contributed by atoms with E-state index in [-0.39, 0.29) is 0 Å². The van der Waals surface area contributed by atoms with Gasteiger partial charge in [0, 0.05) is 12.0 Å². The van der Waals surface area contributed by atoms with Crippen molar-refractivity contribution < 1.29 is 4.74 Å². The number of rotatable bonds is 3. The molecule has 1 heterocycles. The van der Waals surface area contributed by atoms with E-state index in [1.807, 2.05) is 24.3 Å². The van der Waals surface area contributed by atoms with Crippen molar-refractivity contribution in [2.75, 3.05) is 12.8 Å². The number of nitrogen functional groups attached to an aromatic ring is 1. The van der Waals surface area contributed by atoms with Crippen LogP contribution >= 0.6 is 27.3 Å². The van der Waals surface area contributed by atoms with Gasteiger partial charge in [0.05, 0.1) is 16.6 Å². The van der Waals surface area contributed by atoms with E-state index in [2.05, 4.69) is 20.9 Å². The van der Waals surface area contributed by atoms with Crippen LogP contribution in [0.3, 0.4) is 0 Å². The summed E-state index contributed by atoms with van der Waals surface area (Å²) in [6, 6.07) is 7.91. The Hall–Kier alpha value is -1.07. The Bertz CT molecular complexity index is 498. The van der Waals surface area contributed by atoms with E-state index in [4.69, 9.17) is 10.5 Å². The SMILES string of the molecule is COc1ccccc1Cc1nc(N)sc1Br. The first kappa shape index (κ1) is 11.4. The summed E-state index contributed by atoms with van der Waals surface area (Å²) in [5.74, 6) is 0.876. The van der Waals surface area contributed by atoms with Crippen LogP contribution in [0.15, 0.2) is 28.1 Å². The molecule has 0 aliphatic carbocycles. The van der Waals surface area contributed by atoms with Crippen molar-refractivity contribution in [1.82, 2.24) is 4.98 Å². The Morgan fingerprint density at radius 2 is 2.19 bits per heavy atom. The van der Waals surface area contributed by atoms with Crippen LogP contribution in [0.5, 0.6) is 5.75 Å². The topological polar surface area (TPSA) is 48.1 Å². The van der Waals surface area contributed by atoms with Crippen molar-refractivity contribution >= 4 is 32.4 Å². The highest BCUT2D eigenvalue weighted by molar-refractivity contribution is 9.11. The highest BCUT2D eigenvalue weighted by Gasteiger charge is 2.10. The summed E-state index contributed by atoms with van der Waals surface area (Å²) >= 11 is 4.90. The van der Waals surface area contributed by atoms with Crippen LogP contribution in [0.1, 0.15) is 11.3 Å². The van der Waals surface area contributed by atoms with E-state index in [0.29, 0.717) is 5.13 Å². The molecule has 5 heteroatoms. The van der Waals surface area contributed by atoms with Gasteiger partial charge in [-0.3, -0.25) is 0 Å². The Morgan fingerprint density at radius 3 is 2.81 bits per heavy atom. The molecule has 16 heavy (non-hydrogen) atoms. The number of benzene rings is 1. The molecule has 0 amide bonds. The molecule has 1 aromatic heterocycles. The van der Waals surface area contributed by atoms with Gasteiger partial charge < -0.3 is 10.5 Å². The number of methoxy groups -OCH3 is 1. The first-order chi connectivity index (χ1) is 7.70. The number of ether oxygens (including phenoxy) is 1. The quantitative estimate of drug-likeness (QED) is 0.947. The van der Waals surface area contributed by atoms with Crippen molar-refractivity contribution in [2.45, 2.75) is 6.42 Å². The van der Waals surface area contributed by atoms with Crippen LogP contribution in [0, 0.1) is 0 Å². The zero-order valence-corrected chi connectivity index (χ0v) is 11.1. The lowest BCUT2D eigenvalue weighted by molar-refractivity contribution is 0.410. The first-order valence-electron chi connectivity index (χ1n) is 4.73. The molecule has 0 aliphatic heterocycles. The molecule has 0 saturated carbocycles. The first-order valence-corrected chi connectivity index (χ1v) is 6.34. The fourth-order valence-corrected chi connectivity index (χ4v) is 2.79. The monoisotopic (exact) mass is 298 g/mol. The number of hydrogen-bond donors (Lipinski definition) is 1. The van der Waals surface area contributed by atoms with E-state index in [1.165, 1.54) is 11.3 Å². The lowest BCUT2D eigenvalue weighted by Gasteiger charge is -2.06. The number of thiazole rings is 1. The summed E-state index contributed by atoms with van der Waals surface area (Å²) in [6.45, 7) is 0. The van der Waals surface area contributed by atoms with Gasteiger partial charge in [0.2, 0.25) is 0 Å². The van der Waals surface area contributed by atoms with Crippen molar-refractivity contribution in [2.24, 2.45) is 0 Å². The molecule has 0 fully saturated rings. The van der Waals surface area contributed by atoms with Gasteiger partial charge in [-0.05, 0) is 22.0 Å².